The zero-order valence-corrected chi connectivity index (χ0v) is 8.87. The van der Waals surface area contributed by atoms with Crippen molar-refractivity contribution < 1.29 is 9.59 Å². The number of carbonyl (C=O) groups excluding carboxylic acids is 2. The molecule has 15 heavy (non-hydrogen) atoms. The first-order valence-electron chi connectivity index (χ1n) is 4.36. The second-order valence-electron chi connectivity index (χ2n) is 3.26. The lowest BCUT2D eigenvalue weighted by molar-refractivity contribution is -0.136. The first-order valence-corrected chi connectivity index (χ1v) is 5.18. The molecule has 1 unspecified atom stereocenters. The average molecular weight is 226 g/mol. The van der Waals surface area contributed by atoms with E-state index >= 15 is 0 Å². The van der Waals surface area contributed by atoms with Crippen LogP contribution in [-0.2, 0) is 9.59 Å². The SMILES string of the molecule is CN1C(=O)CC(Nc2ncc(N)s2)C1=O. The van der Waals surface area contributed by atoms with Gasteiger partial charge in [-0.3, -0.25) is 14.5 Å². The third-order valence-corrected chi connectivity index (χ3v) is 2.96. The van der Waals surface area contributed by atoms with Crippen LogP contribution in [0.5, 0.6) is 0 Å². The van der Waals surface area contributed by atoms with E-state index in [4.69, 9.17) is 5.73 Å². The first kappa shape index (κ1) is 9.91. The number of amides is 2. The number of likely N-dealkylation sites (tertiary alicyclic amines) is 1. The summed E-state index contributed by atoms with van der Waals surface area (Å²) in [6, 6.07) is -0.506. The predicted octanol–water partition coefficient (Wildman–Crippen LogP) is -0.106. The number of hydrogen-bond donors (Lipinski definition) is 2. The molecule has 0 aromatic carbocycles. The van der Waals surface area contributed by atoms with Gasteiger partial charge in [0, 0.05) is 7.05 Å². The number of nitrogens with two attached hydrogens (primary N) is 1. The van der Waals surface area contributed by atoms with Gasteiger partial charge in [-0.05, 0) is 0 Å². The Morgan fingerprint density at radius 2 is 2.40 bits per heavy atom. The first-order chi connectivity index (χ1) is 7.08. The summed E-state index contributed by atoms with van der Waals surface area (Å²) < 4.78 is 0. The summed E-state index contributed by atoms with van der Waals surface area (Å²) >= 11 is 1.25. The summed E-state index contributed by atoms with van der Waals surface area (Å²) in [5.74, 6) is -0.407. The fraction of sp³-hybridized carbons (Fsp3) is 0.375. The zero-order valence-electron chi connectivity index (χ0n) is 8.06. The van der Waals surface area contributed by atoms with Crippen molar-refractivity contribution in [2.24, 2.45) is 0 Å². The van der Waals surface area contributed by atoms with Crippen LogP contribution in [-0.4, -0.2) is 34.8 Å². The van der Waals surface area contributed by atoms with E-state index in [0.29, 0.717) is 10.1 Å². The number of hydrogen-bond acceptors (Lipinski definition) is 6. The van der Waals surface area contributed by atoms with Crippen molar-refractivity contribution in [3.63, 3.8) is 0 Å². The van der Waals surface area contributed by atoms with Crippen molar-refractivity contribution in [1.29, 1.82) is 0 Å². The molecule has 80 valence electrons. The van der Waals surface area contributed by atoms with Gasteiger partial charge in [-0.15, -0.1) is 0 Å². The highest BCUT2D eigenvalue weighted by molar-refractivity contribution is 7.19. The van der Waals surface area contributed by atoms with Gasteiger partial charge >= 0.3 is 0 Å². The molecule has 1 saturated heterocycles. The van der Waals surface area contributed by atoms with Gasteiger partial charge in [0.25, 0.3) is 5.91 Å². The highest BCUT2D eigenvalue weighted by Gasteiger charge is 2.36. The van der Waals surface area contributed by atoms with Crippen LogP contribution in [0.3, 0.4) is 0 Å². The lowest BCUT2D eigenvalue weighted by atomic mass is 10.2. The molecule has 2 rings (SSSR count). The summed E-state index contributed by atoms with van der Waals surface area (Å²) in [5.41, 5.74) is 5.50. The molecule has 6 nitrogen and oxygen atoms in total. The fourth-order valence-electron chi connectivity index (χ4n) is 1.37. The van der Waals surface area contributed by atoms with E-state index in [0.717, 1.165) is 4.90 Å². The second-order valence-corrected chi connectivity index (χ2v) is 4.32. The van der Waals surface area contributed by atoms with Crippen molar-refractivity contribution in [1.82, 2.24) is 9.88 Å². The molecule has 1 aliphatic rings. The molecule has 3 N–H and O–H groups in total. The molecule has 1 aromatic heterocycles. The highest BCUT2D eigenvalue weighted by Crippen LogP contribution is 2.23. The monoisotopic (exact) mass is 226 g/mol. The minimum absolute atomic E-state index is 0.175. The third-order valence-electron chi connectivity index (χ3n) is 2.20. The van der Waals surface area contributed by atoms with Gasteiger partial charge < -0.3 is 11.1 Å². The maximum absolute atomic E-state index is 11.5. The van der Waals surface area contributed by atoms with E-state index in [1.807, 2.05) is 0 Å². The van der Waals surface area contributed by atoms with Crippen LogP contribution in [0.2, 0.25) is 0 Å². The number of imide groups is 1. The minimum atomic E-state index is -0.506. The summed E-state index contributed by atoms with van der Waals surface area (Å²) in [5, 5.41) is 4.02. The van der Waals surface area contributed by atoms with Crippen LogP contribution in [0.4, 0.5) is 10.1 Å². The van der Waals surface area contributed by atoms with Crippen molar-refractivity contribution >= 4 is 33.3 Å². The van der Waals surface area contributed by atoms with Crippen molar-refractivity contribution in [3.05, 3.63) is 6.20 Å². The van der Waals surface area contributed by atoms with E-state index in [1.54, 1.807) is 0 Å². The van der Waals surface area contributed by atoms with Crippen LogP contribution in [0, 0.1) is 0 Å². The van der Waals surface area contributed by atoms with Crippen molar-refractivity contribution in [2.45, 2.75) is 12.5 Å². The maximum atomic E-state index is 11.5. The van der Waals surface area contributed by atoms with Crippen LogP contribution in [0.1, 0.15) is 6.42 Å². The summed E-state index contributed by atoms with van der Waals surface area (Å²) in [6.45, 7) is 0. The van der Waals surface area contributed by atoms with E-state index < -0.39 is 6.04 Å². The van der Waals surface area contributed by atoms with Gasteiger partial charge in [0.15, 0.2) is 5.13 Å². The highest BCUT2D eigenvalue weighted by atomic mass is 32.1. The number of nitrogen functional groups attached to an aromatic ring is 1. The number of carbonyl (C=O) groups is 2. The fourth-order valence-corrected chi connectivity index (χ4v) is 2.01. The molecule has 0 aliphatic carbocycles. The molecule has 0 bridgehead atoms. The Bertz CT molecular complexity index is 417. The lowest BCUT2D eigenvalue weighted by Gasteiger charge is -2.09. The lowest BCUT2D eigenvalue weighted by Crippen LogP contribution is -2.31. The standard InChI is InChI=1S/C8H10N4O2S/c1-12-6(13)2-4(7(12)14)11-8-10-3-5(9)15-8/h3-4H,2,9H2,1H3,(H,10,11). The Hall–Kier alpha value is -1.63. The van der Waals surface area contributed by atoms with E-state index in [1.165, 1.54) is 24.6 Å². The Morgan fingerprint density at radius 1 is 1.67 bits per heavy atom. The van der Waals surface area contributed by atoms with Crippen molar-refractivity contribution in [3.8, 4) is 0 Å². The molecule has 2 heterocycles. The molecular weight excluding hydrogens is 216 g/mol. The molecule has 0 spiro atoms. The van der Waals surface area contributed by atoms with E-state index in [2.05, 4.69) is 10.3 Å². The number of anilines is 2. The molecule has 1 aromatic rings. The number of thiazole rings is 1. The van der Waals surface area contributed by atoms with Gasteiger partial charge in [-0.1, -0.05) is 11.3 Å². The second kappa shape index (κ2) is 3.50. The van der Waals surface area contributed by atoms with Gasteiger partial charge in [0.05, 0.1) is 12.6 Å². The van der Waals surface area contributed by atoms with Crippen LogP contribution >= 0.6 is 11.3 Å². The predicted molar refractivity (Wildman–Crippen MR) is 56.3 cm³/mol. The van der Waals surface area contributed by atoms with Gasteiger partial charge in [-0.25, -0.2) is 4.98 Å². The summed E-state index contributed by atoms with van der Waals surface area (Å²) in [7, 11) is 1.47. The smallest absolute Gasteiger partial charge is 0.251 e. The average Bonchev–Trinajstić information content (AvgIpc) is 2.68. The third kappa shape index (κ3) is 1.78. The maximum Gasteiger partial charge on any atom is 0.251 e. The number of likely N-dealkylation sites (N-methyl/N-ethyl adjacent to an activating group) is 1. The summed E-state index contributed by atoms with van der Waals surface area (Å²) in [4.78, 5) is 27.8. The Kier molecular flexibility index (Phi) is 2.31. The van der Waals surface area contributed by atoms with E-state index in [9.17, 15) is 9.59 Å². The number of nitrogens with zero attached hydrogens (tertiary/aromatic N) is 2. The number of aromatic nitrogens is 1. The van der Waals surface area contributed by atoms with Crippen LogP contribution < -0.4 is 11.1 Å². The van der Waals surface area contributed by atoms with Crippen molar-refractivity contribution in [2.75, 3.05) is 18.1 Å². The Labute approximate surface area is 90.1 Å². The van der Waals surface area contributed by atoms with Gasteiger partial charge in [0.1, 0.15) is 11.0 Å². The van der Waals surface area contributed by atoms with Crippen LogP contribution in [0.25, 0.3) is 0 Å². The molecule has 1 aliphatic heterocycles. The molecule has 0 radical (unpaired) electrons. The molecule has 1 fully saturated rings. The minimum Gasteiger partial charge on any atom is -0.389 e. The Morgan fingerprint density at radius 3 is 2.87 bits per heavy atom. The Balaban J connectivity index is 2.08. The summed E-state index contributed by atoms with van der Waals surface area (Å²) in [6.07, 6.45) is 1.69. The quantitative estimate of drug-likeness (QED) is 0.687. The zero-order chi connectivity index (χ0) is 11.0. The van der Waals surface area contributed by atoms with Crippen LogP contribution in [0.15, 0.2) is 6.20 Å². The number of rotatable bonds is 2. The molecule has 2 amide bonds. The molecule has 0 saturated carbocycles. The number of nitrogens with one attached hydrogen (secondary N) is 1. The normalized spacial score (nSPS) is 21.1. The van der Waals surface area contributed by atoms with Gasteiger partial charge in [-0.2, -0.15) is 0 Å². The van der Waals surface area contributed by atoms with E-state index in [-0.39, 0.29) is 18.2 Å². The molecule has 1 atom stereocenters. The largest absolute Gasteiger partial charge is 0.389 e. The molecular formula is C8H10N4O2S. The molecule has 7 heteroatoms. The topological polar surface area (TPSA) is 88.3 Å². The van der Waals surface area contributed by atoms with Gasteiger partial charge in [0.2, 0.25) is 5.91 Å².